The summed E-state index contributed by atoms with van der Waals surface area (Å²) >= 11 is 0. The first-order valence-electron chi connectivity index (χ1n) is 10.7. The van der Waals surface area contributed by atoms with Gasteiger partial charge in [0.25, 0.3) is 0 Å². The lowest BCUT2D eigenvalue weighted by atomic mass is 9.88. The molecule has 0 fully saturated rings. The van der Waals surface area contributed by atoms with Gasteiger partial charge in [0.15, 0.2) is 11.6 Å². The number of nitrogens with one attached hydrogen (secondary N) is 2. The molecule has 0 bridgehead atoms. The van der Waals surface area contributed by atoms with Crippen LogP contribution in [0.5, 0.6) is 5.75 Å². The molecule has 1 unspecified atom stereocenters. The maximum atomic E-state index is 14.3. The van der Waals surface area contributed by atoms with E-state index in [1.165, 1.54) is 24.1 Å². The molecule has 1 atom stereocenters. The zero-order valence-electron chi connectivity index (χ0n) is 17.7. The quantitative estimate of drug-likeness (QED) is 0.428. The molecule has 0 amide bonds. The first-order chi connectivity index (χ1) is 15.5. The first kappa shape index (κ1) is 20.5. The monoisotopic (exact) mass is 433 g/mol. The third kappa shape index (κ3) is 3.69. The number of aryl methyl sites for hydroxylation is 1. The third-order valence-corrected chi connectivity index (χ3v) is 6.23. The van der Waals surface area contributed by atoms with Crippen LogP contribution >= 0.6 is 0 Å². The summed E-state index contributed by atoms with van der Waals surface area (Å²) in [4.78, 5) is 19.5. The smallest absolute Gasteiger partial charge is 0.317 e. The van der Waals surface area contributed by atoms with E-state index < -0.39 is 11.8 Å². The predicted octanol–water partition coefficient (Wildman–Crippen LogP) is 3.99. The Balaban J connectivity index is 1.61. The van der Waals surface area contributed by atoms with Gasteiger partial charge in [-0.1, -0.05) is 24.3 Å². The number of aliphatic carboxylic acids is 1. The number of H-pyrrole nitrogens is 1. The predicted molar refractivity (Wildman–Crippen MR) is 121 cm³/mol. The largest absolute Gasteiger partial charge is 0.494 e. The van der Waals surface area contributed by atoms with E-state index in [2.05, 4.69) is 22.4 Å². The zero-order chi connectivity index (χ0) is 22.2. The number of hydrogen-bond donors (Lipinski definition) is 3. The highest BCUT2D eigenvalue weighted by atomic mass is 19.1. The van der Waals surface area contributed by atoms with Crippen LogP contribution in [-0.4, -0.2) is 40.7 Å². The third-order valence-electron chi connectivity index (χ3n) is 6.23. The van der Waals surface area contributed by atoms with Gasteiger partial charge in [-0.05, 0) is 42.2 Å². The Morgan fingerprint density at radius 2 is 2.16 bits per heavy atom. The fourth-order valence-electron chi connectivity index (χ4n) is 4.74. The summed E-state index contributed by atoms with van der Waals surface area (Å²) in [6, 6.07) is 13.2. The number of carboxylic acids is 1. The summed E-state index contributed by atoms with van der Waals surface area (Å²) in [6.45, 7) is -0.0622. The number of ether oxygens (including phenoxy) is 1. The zero-order valence-corrected chi connectivity index (χ0v) is 17.7. The Labute approximate surface area is 184 Å². The number of hydrogen-bond acceptors (Lipinski definition) is 4. The minimum Gasteiger partial charge on any atom is -0.494 e. The molecular formula is C25H24FN3O3. The number of aromatic nitrogens is 2. The maximum Gasteiger partial charge on any atom is 0.317 e. The molecule has 5 rings (SSSR count). The number of carbonyl (C=O) groups is 1. The molecule has 0 saturated heterocycles. The highest BCUT2D eigenvalue weighted by Crippen LogP contribution is 2.36. The lowest BCUT2D eigenvalue weighted by Gasteiger charge is -2.26. The van der Waals surface area contributed by atoms with Crippen LogP contribution in [0.25, 0.3) is 21.8 Å². The summed E-state index contributed by atoms with van der Waals surface area (Å²) in [6.07, 6.45) is 2.84. The van der Waals surface area contributed by atoms with Crippen molar-refractivity contribution < 1.29 is 19.0 Å². The van der Waals surface area contributed by atoms with Crippen molar-refractivity contribution in [1.29, 1.82) is 0 Å². The molecule has 0 saturated carbocycles. The van der Waals surface area contributed by atoms with Crippen LogP contribution in [0.4, 0.5) is 4.39 Å². The molecule has 32 heavy (non-hydrogen) atoms. The number of halogens is 1. The van der Waals surface area contributed by atoms with E-state index in [-0.39, 0.29) is 18.3 Å². The van der Waals surface area contributed by atoms with Gasteiger partial charge in [-0.3, -0.25) is 9.78 Å². The van der Waals surface area contributed by atoms with Crippen LogP contribution in [0.2, 0.25) is 0 Å². The molecule has 3 N–H and O–H groups in total. The Hall–Kier alpha value is -3.45. The van der Waals surface area contributed by atoms with Crippen LogP contribution in [0.15, 0.2) is 42.5 Å². The Morgan fingerprint density at radius 1 is 1.31 bits per heavy atom. The summed E-state index contributed by atoms with van der Waals surface area (Å²) in [5, 5.41) is 14.5. The number of para-hydroxylation sites is 1. The molecule has 2 aromatic carbocycles. The van der Waals surface area contributed by atoms with Crippen LogP contribution in [0, 0.1) is 5.82 Å². The number of aromatic amines is 1. The van der Waals surface area contributed by atoms with Gasteiger partial charge in [-0.2, -0.15) is 0 Å². The molecule has 1 aliphatic rings. The van der Waals surface area contributed by atoms with Gasteiger partial charge in [-0.25, -0.2) is 4.39 Å². The van der Waals surface area contributed by atoms with Gasteiger partial charge in [0.2, 0.25) is 0 Å². The van der Waals surface area contributed by atoms with Crippen molar-refractivity contribution in [1.82, 2.24) is 15.3 Å². The van der Waals surface area contributed by atoms with Crippen molar-refractivity contribution in [3.8, 4) is 5.75 Å². The second-order valence-electron chi connectivity index (χ2n) is 8.26. The number of methoxy groups -OCH3 is 1. The van der Waals surface area contributed by atoms with Gasteiger partial charge < -0.3 is 20.1 Å². The van der Waals surface area contributed by atoms with Crippen molar-refractivity contribution in [3.63, 3.8) is 0 Å². The number of pyridine rings is 1. The minimum atomic E-state index is -0.863. The van der Waals surface area contributed by atoms with E-state index >= 15 is 0 Å². The Bertz CT molecular complexity index is 1330. The topological polar surface area (TPSA) is 87.2 Å². The molecule has 0 aliphatic heterocycles. The van der Waals surface area contributed by atoms with Gasteiger partial charge in [-0.15, -0.1) is 0 Å². The van der Waals surface area contributed by atoms with Gasteiger partial charge in [0.05, 0.1) is 24.9 Å². The second kappa shape index (κ2) is 8.24. The van der Waals surface area contributed by atoms with Crippen molar-refractivity contribution in [2.45, 2.75) is 31.7 Å². The molecular weight excluding hydrogens is 409 g/mol. The molecule has 6 nitrogen and oxygen atoms in total. The molecule has 1 aliphatic carbocycles. The lowest BCUT2D eigenvalue weighted by molar-refractivity contribution is -0.136. The van der Waals surface area contributed by atoms with Gasteiger partial charge in [0.1, 0.15) is 0 Å². The van der Waals surface area contributed by atoms with Crippen LogP contribution in [0.3, 0.4) is 0 Å². The normalized spacial score (nSPS) is 15.8. The fourth-order valence-corrected chi connectivity index (χ4v) is 4.74. The number of fused-ring (bicyclic) bond motifs is 5. The maximum absolute atomic E-state index is 14.3. The van der Waals surface area contributed by atoms with Crippen LogP contribution in [0.1, 0.15) is 28.9 Å². The van der Waals surface area contributed by atoms with Gasteiger partial charge in [0, 0.05) is 40.9 Å². The van der Waals surface area contributed by atoms with Crippen LogP contribution < -0.4 is 10.1 Å². The van der Waals surface area contributed by atoms with E-state index in [0.29, 0.717) is 12.8 Å². The lowest BCUT2D eigenvalue weighted by Crippen LogP contribution is -2.38. The van der Waals surface area contributed by atoms with Crippen molar-refractivity contribution in [3.05, 3.63) is 70.8 Å². The SMILES string of the molecule is COc1ccc(Cc2nc3c(c4c2[nH]c2ccccc24)CCC(NCC(=O)O)C3)cc1F. The van der Waals surface area contributed by atoms with Crippen molar-refractivity contribution in [2.75, 3.05) is 13.7 Å². The standard InChI is InChI=1S/C25H24FN3O3/c1-32-22-9-6-14(10-18(22)26)11-21-25-24(16-4-2-3-5-19(16)29-25)17-8-7-15(12-20(17)28-21)27-13-23(30)31/h2-6,9-10,15,27,29H,7-8,11-13H2,1H3,(H,30,31). The van der Waals surface area contributed by atoms with E-state index in [1.54, 1.807) is 6.07 Å². The second-order valence-corrected chi connectivity index (χ2v) is 8.26. The van der Waals surface area contributed by atoms with Gasteiger partial charge >= 0.3 is 5.97 Å². The summed E-state index contributed by atoms with van der Waals surface area (Å²) in [5.74, 6) is -1.04. The number of nitrogens with zero attached hydrogens (tertiary/aromatic N) is 1. The highest BCUT2D eigenvalue weighted by Gasteiger charge is 2.25. The molecule has 164 valence electrons. The van der Waals surface area contributed by atoms with Crippen molar-refractivity contribution in [2.24, 2.45) is 0 Å². The number of benzene rings is 2. The van der Waals surface area contributed by atoms with E-state index in [0.717, 1.165) is 46.2 Å². The average molecular weight is 433 g/mol. The molecule has 4 aromatic rings. The number of rotatable bonds is 6. The summed E-state index contributed by atoms with van der Waals surface area (Å²) in [5.41, 5.74) is 5.91. The molecule has 7 heteroatoms. The van der Waals surface area contributed by atoms with Crippen molar-refractivity contribution >= 4 is 27.8 Å². The summed E-state index contributed by atoms with van der Waals surface area (Å²) < 4.78 is 19.3. The summed E-state index contributed by atoms with van der Waals surface area (Å²) in [7, 11) is 1.45. The van der Waals surface area contributed by atoms with E-state index in [9.17, 15) is 9.18 Å². The van der Waals surface area contributed by atoms with Crippen LogP contribution in [-0.2, 0) is 24.1 Å². The fraction of sp³-hybridized carbons (Fsp3) is 0.280. The first-order valence-corrected chi connectivity index (χ1v) is 10.7. The number of carboxylic acid groups (broad SMARTS) is 1. The molecule has 0 spiro atoms. The Morgan fingerprint density at radius 3 is 2.94 bits per heavy atom. The van der Waals surface area contributed by atoms with E-state index in [4.69, 9.17) is 14.8 Å². The molecule has 2 aromatic heterocycles. The average Bonchev–Trinajstić information content (AvgIpc) is 3.18. The highest BCUT2D eigenvalue weighted by molar-refractivity contribution is 6.10. The minimum absolute atomic E-state index is 0.0622. The molecule has 0 radical (unpaired) electrons. The molecule has 2 heterocycles. The Kier molecular flexibility index (Phi) is 5.27. The van der Waals surface area contributed by atoms with E-state index in [1.807, 2.05) is 18.2 Å².